The molecule has 0 amide bonds. The number of rotatable bonds is 2. The van der Waals surface area contributed by atoms with Crippen LogP contribution in [-0.4, -0.2) is 6.61 Å². The van der Waals surface area contributed by atoms with Crippen molar-refractivity contribution < 1.29 is 4.74 Å². The third-order valence-electron chi connectivity index (χ3n) is 2.18. The van der Waals surface area contributed by atoms with Crippen molar-refractivity contribution >= 4 is 0 Å². The summed E-state index contributed by atoms with van der Waals surface area (Å²) >= 11 is 0. The highest BCUT2D eigenvalue weighted by molar-refractivity contribution is 5.23. The standard InChI is InChI=1S/C11H18O/c1-4-10(9(2)3)8-11-6-5-7-12-11/h4,8-9H,5-7H2,1-3H3/b10-4+,11-8+. The Balaban J connectivity index is 2.62. The van der Waals surface area contributed by atoms with Crippen molar-refractivity contribution in [3.05, 3.63) is 23.5 Å². The summed E-state index contributed by atoms with van der Waals surface area (Å²) in [7, 11) is 0. The first kappa shape index (κ1) is 9.37. The van der Waals surface area contributed by atoms with Gasteiger partial charge in [0.2, 0.25) is 0 Å². The lowest BCUT2D eigenvalue weighted by atomic mass is 10.0. The minimum atomic E-state index is 0.603. The summed E-state index contributed by atoms with van der Waals surface area (Å²) in [4.78, 5) is 0. The van der Waals surface area contributed by atoms with Crippen molar-refractivity contribution in [1.82, 2.24) is 0 Å². The minimum Gasteiger partial charge on any atom is -0.498 e. The molecule has 68 valence electrons. The Labute approximate surface area is 75.1 Å². The molecule has 0 atom stereocenters. The van der Waals surface area contributed by atoms with Crippen molar-refractivity contribution in [3.8, 4) is 0 Å². The molecule has 1 saturated heterocycles. The van der Waals surface area contributed by atoms with Gasteiger partial charge in [0.25, 0.3) is 0 Å². The zero-order valence-corrected chi connectivity index (χ0v) is 8.26. The van der Waals surface area contributed by atoms with Crippen LogP contribution in [0, 0.1) is 5.92 Å². The van der Waals surface area contributed by atoms with Crippen molar-refractivity contribution in [2.45, 2.75) is 33.6 Å². The zero-order valence-electron chi connectivity index (χ0n) is 8.26. The van der Waals surface area contributed by atoms with Crippen LogP contribution in [0.25, 0.3) is 0 Å². The molecule has 12 heavy (non-hydrogen) atoms. The van der Waals surface area contributed by atoms with Crippen LogP contribution in [-0.2, 0) is 4.74 Å². The summed E-state index contributed by atoms with van der Waals surface area (Å²) < 4.78 is 5.46. The Hall–Kier alpha value is -0.720. The molecule has 1 heteroatoms. The normalized spacial score (nSPS) is 22.0. The predicted octanol–water partition coefficient (Wildman–Crippen LogP) is 3.28. The number of hydrogen-bond donors (Lipinski definition) is 0. The van der Waals surface area contributed by atoms with E-state index in [9.17, 15) is 0 Å². The molecule has 1 nitrogen and oxygen atoms in total. The van der Waals surface area contributed by atoms with Gasteiger partial charge in [-0.2, -0.15) is 0 Å². The fraction of sp³-hybridized carbons (Fsp3) is 0.636. The van der Waals surface area contributed by atoms with Gasteiger partial charge in [0, 0.05) is 6.42 Å². The summed E-state index contributed by atoms with van der Waals surface area (Å²) in [5.74, 6) is 1.77. The Morgan fingerprint density at radius 1 is 1.50 bits per heavy atom. The Morgan fingerprint density at radius 3 is 2.67 bits per heavy atom. The molecule has 0 aromatic rings. The maximum absolute atomic E-state index is 5.46. The SMILES string of the molecule is C/C=C(\C=C1/CCCO1)C(C)C. The van der Waals surface area contributed by atoms with Crippen molar-refractivity contribution in [1.29, 1.82) is 0 Å². The maximum Gasteiger partial charge on any atom is 0.0963 e. The highest BCUT2D eigenvalue weighted by Gasteiger charge is 2.08. The molecule has 0 bridgehead atoms. The second-order valence-electron chi connectivity index (χ2n) is 3.51. The van der Waals surface area contributed by atoms with Crippen molar-refractivity contribution in [3.63, 3.8) is 0 Å². The predicted molar refractivity (Wildman–Crippen MR) is 51.9 cm³/mol. The van der Waals surface area contributed by atoms with E-state index < -0.39 is 0 Å². The molecule has 0 aromatic heterocycles. The fourth-order valence-corrected chi connectivity index (χ4v) is 1.40. The molecule has 0 N–H and O–H groups in total. The molecule has 0 aliphatic carbocycles. The number of ether oxygens (including phenoxy) is 1. The van der Waals surface area contributed by atoms with Crippen molar-refractivity contribution in [2.75, 3.05) is 6.61 Å². The molecule has 0 radical (unpaired) electrons. The van der Waals surface area contributed by atoms with E-state index in [2.05, 4.69) is 32.9 Å². The van der Waals surface area contributed by atoms with E-state index in [1.807, 2.05) is 0 Å². The van der Waals surface area contributed by atoms with E-state index in [0.29, 0.717) is 5.92 Å². The molecule has 1 rings (SSSR count). The van der Waals surface area contributed by atoms with Crippen LogP contribution in [0.4, 0.5) is 0 Å². The van der Waals surface area contributed by atoms with Gasteiger partial charge in [0.05, 0.1) is 12.4 Å². The van der Waals surface area contributed by atoms with E-state index in [1.165, 1.54) is 12.0 Å². The van der Waals surface area contributed by atoms with Crippen LogP contribution < -0.4 is 0 Å². The second kappa shape index (κ2) is 4.34. The number of allylic oxidation sites excluding steroid dienone is 4. The summed E-state index contributed by atoms with van der Waals surface area (Å²) in [5, 5.41) is 0. The smallest absolute Gasteiger partial charge is 0.0963 e. The summed E-state index contributed by atoms with van der Waals surface area (Å²) in [6.45, 7) is 7.41. The highest BCUT2D eigenvalue weighted by Crippen LogP contribution is 2.20. The summed E-state index contributed by atoms with van der Waals surface area (Å²) in [5.41, 5.74) is 1.38. The minimum absolute atomic E-state index is 0.603. The first-order valence-electron chi connectivity index (χ1n) is 4.73. The molecule has 1 fully saturated rings. The monoisotopic (exact) mass is 166 g/mol. The van der Waals surface area contributed by atoms with Crippen molar-refractivity contribution in [2.24, 2.45) is 5.92 Å². The molecule has 0 saturated carbocycles. The Bertz CT molecular complexity index is 191. The Kier molecular flexibility index (Phi) is 3.39. The van der Waals surface area contributed by atoms with Gasteiger partial charge in [-0.05, 0) is 30.9 Å². The molecule has 0 unspecified atom stereocenters. The highest BCUT2D eigenvalue weighted by atomic mass is 16.5. The van der Waals surface area contributed by atoms with Crippen LogP contribution >= 0.6 is 0 Å². The lowest BCUT2D eigenvalue weighted by molar-refractivity contribution is 0.263. The first-order chi connectivity index (χ1) is 5.74. The molecular formula is C11H18O. The average molecular weight is 166 g/mol. The third kappa shape index (κ3) is 2.40. The molecule has 0 spiro atoms. The Morgan fingerprint density at radius 2 is 2.25 bits per heavy atom. The average Bonchev–Trinajstić information content (AvgIpc) is 2.51. The van der Waals surface area contributed by atoms with Gasteiger partial charge in [0.1, 0.15) is 0 Å². The largest absolute Gasteiger partial charge is 0.498 e. The zero-order chi connectivity index (χ0) is 8.97. The summed E-state index contributed by atoms with van der Waals surface area (Å²) in [6.07, 6.45) is 6.65. The lowest BCUT2D eigenvalue weighted by Crippen LogP contribution is -1.91. The van der Waals surface area contributed by atoms with E-state index >= 15 is 0 Å². The van der Waals surface area contributed by atoms with Crippen LogP contribution in [0.5, 0.6) is 0 Å². The summed E-state index contributed by atoms with van der Waals surface area (Å²) in [6, 6.07) is 0. The molecule has 1 aliphatic heterocycles. The fourth-order valence-electron chi connectivity index (χ4n) is 1.40. The van der Waals surface area contributed by atoms with E-state index in [1.54, 1.807) is 0 Å². The topological polar surface area (TPSA) is 9.23 Å². The van der Waals surface area contributed by atoms with Crippen LogP contribution in [0.2, 0.25) is 0 Å². The quantitative estimate of drug-likeness (QED) is 0.611. The van der Waals surface area contributed by atoms with Gasteiger partial charge >= 0.3 is 0 Å². The second-order valence-corrected chi connectivity index (χ2v) is 3.51. The van der Waals surface area contributed by atoms with Gasteiger partial charge in [-0.1, -0.05) is 19.9 Å². The maximum atomic E-state index is 5.46. The van der Waals surface area contributed by atoms with Gasteiger partial charge in [-0.25, -0.2) is 0 Å². The van der Waals surface area contributed by atoms with Gasteiger partial charge in [-0.15, -0.1) is 0 Å². The van der Waals surface area contributed by atoms with E-state index in [-0.39, 0.29) is 0 Å². The molecule has 0 aromatic carbocycles. The van der Waals surface area contributed by atoms with E-state index in [0.717, 1.165) is 18.8 Å². The first-order valence-corrected chi connectivity index (χ1v) is 4.73. The van der Waals surface area contributed by atoms with E-state index in [4.69, 9.17) is 4.74 Å². The van der Waals surface area contributed by atoms with Crippen LogP contribution in [0.15, 0.2) is 23.5 Å². The molecule has 1 aliphatic rings. The van der Waals surface area contributed by atoms with Gasteiger partial charge in [-0.3, -0.25) is 0 Å². The van der Waals surface area contributed by atoms with Crippen LogP contribution in [0.1, 0.15) is 33.6 Å². The molecule has 1 heterocycles. The number of hydrogen-bond acceptors (Lipinski definition) is 1. The lowest BCUT2D eigenvalue weighted by Gasteiger charge is -2.06. The third-order valence-corrected chi connectivity index (χ3v) is 2.18. The van der Waals surface area contributed by atoms with Gasteiger partial charge < -0.3 is 4.74 Å². The van der Waals surface area contributed by atoms with Crippen LogP contribution in [0.3, 0.4) is 0 Å². The van der Waals surface area contributed by atoms with Gasteiger partial charge in [0.15, 0.2) is 0 Å². The molecular weight excluding hydrogens is 148 g/mol.